The minimum absolute atomic E-state index is 0.00622. The highest BCUT2D eigenvalue weighted by molar-refractivity contribution is 7.17. The minimum Gasteiger partial charge on any atom is -0.325 e. The van der Waals surface area contributed by atoms with E-state index in [1.54, 1.807) is 11.3 Å². The zero-order valence-corrected chi connectivity index (χ0v) is 10.8. The van der Waals surface area contributed by atoms with E-state index in [4.69, 9.17) is 0 Å². The summed E-state index contributed by atoms with van der Waals surface area (Å²) in [7, 11) is 0. The third-order valence-electron chi connectivity index (χ3n) is 2.41. The van der Waals surface area contributed by atoms with Gasteiger partial charge in [0.2, 0.25) is 5.91 Å². The number of nitrogens with one attached hydrogen (secondary N) is 2. The van der Waals surface area contributed by atoms with E-state index in [1.807, 2.05) is 32.0 Å². The average molecular weight is 248 g/mol. The molecule has 1 aromatic carbocycles. The van der Waals surface area contributed by atoms with Crippen LogP contribution in [0.25, 0.3) is 10.1 Å². The normalized spacial score (nSPS) is 11.0. The third kappa shape index (κ3) is 3.28. The van der Waals surface area contributed by atoms with Crippen LogP contribution in [0.2, 0.25) is 0 Å². The molecule has 0 atom stereocenters. The van der Waals surface area contributed by atoms with Crippen molar-refractivity contribution in [2.75, 3.05) is 11.9 Å². The number of carbonyl (C=O) groups is 1. The van der Waals surface area contributed by atoms with Crippen molar-refractivity contribution in [3.63, 3.8) is 0 Å². The van der Waals surface area contributed by atoms with Crippen LogP contribution in [0.1, 0.15) is 13.8 Å². The molecule has 90 valence electrons. The van der Waals surface area contributed by atoms with Gasteiger partial charge in [-0.2, -0.15) is 0 Å². The van der Waals surface area contributed by atoms with Gasteiger partial charge in [0.15, 0.2) is 0 Å². The number of carbonyl (C=O) groups excluding carboxylic acids is 1. The van der Waals surface area contributed by atoms with E-state index in [9.17, 15) is 4.79 Å². The van der Waals surface area contributed by atoms with Crippen LogP contribution in [0.3, 0.4) is 0 Å². The lowest BCUT2D eigenvalue weighted by atomic mass is 10.2. The summed E-state index contributed by atoms with van der Waals surface area (Å²) in [6, 6.07) is 8.35. The number of hydrogen-bond donors (Lipinski definition) is 2. The molecule has 0 bridgehead atoms. The number of hydrogen-bond acceptors (Lipinski definition) is 3. The molecule has 4 heteroatoms. The second-order valence-electron chi connectivity index (χ2n) is 4.26. The van der Waals surface area contributed by atoms with Crippen molar-refractivity contribution in [3.05, 3.63) is 29.6 Å². The second kappa shape index (κ2) is 5.29. The number of amides is 1. The van der Waals surface area contributed by atoms with Crippen molar-refractivity contribution >= 4 is 33.0 Å². The number of fused-ring (bicyclic) bond motifs is 1. The summed E-state index contributed by atoms with van der Waals surface area (Å²) in [5.41, 5.74) is 0.853. The van der Waals surface area contributed by atoms with Crippen LogP contribution in [0.4, 0.5) is 5.69 Å². The molecule has 1 aromatic heterocycles. The van der Waals surface area contributed by atoms with Gasteiger partial charge in [0.25, 0.3) is 0 Å². The molecule has 2 rings (SSSR count). The molecule has 1 amide bonds. The molecule has 0 spiro atoms. The van der Waals surface area contributed by atoms with E-state index in [-0.39, 0.29) is 5.91 Å². The summed E-state index contributed by atoms with van der Waals surface area (Å²) >= 11 is 1.70. The van der Waals surface area contributed by atoms with Gasteiger partial charge in [-0.1, -0.05) is 13.8 Å². The topological polar surface area (TPSA) is 41.1 Å². The second-order valence-corrected chi connectivity index (χ2v) is 5.20. The molecule has 0 aliphatic heterocycles. The fourth-order valence-corrected chi connectivity index (χ4v) is 2.32. The number of anilines is 1. The van der Waals surface area contributed by atoms with Crippen LogP contribution in [-0.2, 0) is 4.79 Å². The van der Waals surface area contributed by atoms with E-state index in [0.717, 1.165) is 5.69 Å². The smallest absolute Gasteiger partial charge is 0.238 e. The fraction of sp³-hybridized carbons (Fsp3) is 0.308. The summed E-state index contributed by atoms with van der Waals surface area (Å²) in [5, 5.41) is 9.19. The first-order valence-electron chi connectivity index (χ1n) is 5.65. The molecule has 1 heterocycles. The van der Waals surface area contributed by atoms with Gasteiger partial charge >= 0.3 is 0 Å². The van der Waals surface area contributed by atoms with Crippen molar-refractivity contribution in [1.82, 2.24) is 5.32 Å². The Morgan fingerprint density at radius 2 is 2.18 bits per heavy atom. The van der Waals surface area contributed by atoms with E-state index < -0.39 is 0 Å². The van der Waals surface area contributed by atoms with Crippen LogP contribution < -0.4 is 10.6 Å². The van der Waals surface area contributed by atoms with E-state index in [0.29, 0.717) is 12.6 Å². The van der Waals surface area contributed by atoms with Crippen molar-refractivity contribution in [2.24, 2.45) is 0 Å². The van der Waals surface area contributed by atoms with Crippen LogP contribution in [0.5, 0.6) is 0 Å². The Hall–Kier alpha value is -1.39. The summed E-state index contributed by atoms with van der Waals surface area (Å²) in [6.45, 7) is 4.38. The Kier molecular flexibility index (Phi) is 3.76. The lowest BCUT2D eigenvalue weighted by Gasteiger charge is -2.08. The van der Waals surface area contributed by atoms with Crippen LogP contribution in [0.15, 0.2) is 29.6 Å². The highest BCUT2D eigenvalue weighted by Crippen LogP contribution is 2.23. The largest absolute Gasteiger partial charge is 0.325 e. The Balaban J connectivity index is 2.00. The molecule has 0 unspecified atom stereocenters. The first-order valence-corrected chi connectivity index (χ1v) is 6.53. The minimum atomic E-state index is -0.00622. The molecule has 0 radical (unpaired) electrons. The molecule has 0 saturated heterocycles. The molecule has 0 saturated carbocycles. The van der Waals surface area contributed by atoms with Crippen molar-refractivity contribution < 1.29 is 4.79 Å². The highest BCUT2D eigenvalue weighted by atomic mass is 32.1. The maximum Gasteiger partial charge on any atom is 0.238 e. The van der Waals surface area contributed by atoms with E-state index in [2.05, 4.69) is 22.1 Å². The Labute approximate surface area is 105 Å². The van der Waals surface area contributed by atoms with E-state index >= 15 is 0 Å². The van der Waals surface area contributed by atoms with Gasteiger partial charge in [0.1, 0.15) is 0 Å². The molecule has 0 aliphatic rings. The maximum atomic E-state index is 11.6. The molecular formula is C13H16N2OS. The van der Waals surface area contributed by atoms with Gasteiger partial charge in [-0.3, -0.25) is 4.79 Å². The Morgan fingerprint density at radius 3 is 2.94 bits per heavy atom. The molecule has 0 aliphatic carbocycles. The van der Waals surface area contributed by atoms with Gasteiger partial charge < -0.3 is 10.6 Å². The van der Waals surface area contributed by atoms with Crippen molar-refractivity contribution in [1.29, 1.82) is 0 Å². The lowest BCUT2D eigenvalue weighted by molar-refractivity contribution is -0.115. The van der Waals surface area contributed by atoms with E-state index in [1.165, 1.54) is 10.1 Å². The highest BCUT2D eigenvalue weighted by Gasteiger charge is 2.04. The van der Waals surface area contributed by atoms with Crippen LogP contribution in [-0.4, -0.2) is 18.5 Å². The summed E-state index contributed by atoms with van der Waals surface area (Å²) in [4.78, 5) is 11.6. The lowest BCUT2D eigenvalue weighted by Crippen LogP contribution is -2.32. The Morgan fingerprint density at radius 1 is 1.35 bits per heavy atom. The van der Waals surface area contributed by atoms with Crippen LogP contribution >= 0.6 is 11.3 Å². The maximum absolute atomic E-state index is 11.6. The quantitative estimate of drug-likeness (QED) is 0.873. The number of benzene rings is 1. The monoisotopic (exact) mass is 248 g/mol. The standard InChI is InChI=1S/C13H16N2OS/c1-9(2)14-8-13(16)15-11-3-4-12-10(7-11)5-6-17-12/h3-7,9,14H,8H2,1-2H3,(H,15,16). The predicted octanol–water partition coefficient (Wildman–Crippen LogP) is 2.84. The third-order valence-corrected chi connectivity index (χ3v) is 3.30. The van der Waals surface area contributed by atoms with Crippen molar-refractivity contribution in [2.45, 2.75) is 19.9 Å². The molecule has 0 fully saturated rings. The summed E-state index contributed by atoms with van der Waals surface area (Å²) < 4.78 is 1.24. The summed E-state index contributed by atoms with van der Waals surface area (Å²) in [6.07, 6.45) is 0. The van der Waals surface area contributed by atoms with Gasteiger partial charge in [-0.05, 0) is 35.0 Å². The molecule has 3 nitrogen and oxygen atoms in total. The molecule has 2 aromatic rings. The Bertz CT molecular complexity index is 519. The van der Waals surface area contributed by atoms with Gasteiger partial charge in [-0.15, -0.1) is 11.3 Å². The van der Waals surface area contributed by atoms with Gasteiger partial charge in [-0.25, -0.2) is 0 Å². The van der Waals surface area contributed by atoms with Gasteiger partial charge in [0.05, 0.1) is 6.54 Å². The number of rotatable bonds is 4. The SMILES string of the molecule is CC(C)NCC(=O)Nc1ccc2sccc2c1. The summed E-state index contributed by atoms with van der Waals surface area (Å²) in [5.74, 6) is -0.00622. The van der Waals surface area contributed by atoms with Crippen molar-refractivity contribution in [3.8, 4) is 0 Å². The molecular weight excluding hydrogens is 232 g/mol. The first-order chi connectivity index (χ1) is 8.15. The average Bonchev–Trinajstić information content (AvgIpc) is 2.73. The van der Waals surface area contributed by atoms with Crippen LogP contribution in [0, 0.1) is 0 Å². The molecule has 2 N–H and O–H groups in total. The van der Waals surface area contributed by atoms with Gasteiger partial charge in [0, 0.05) is 16.4 Å². The first kappa shape index (κ1) is 12.1. The predicted molar refractivity (Wildman–Crippen MR) is 73.6 cm³/mol. The zero-order valence-electron chi connectivity index (χ0n) is 9.99. The fourth-order valence-electron chi connectivity index (χ4n) is 1.55. The number of thiophene rings is 1. The zero-order chi connectivity index (χ0) is 12.3. The molecule has 17 heavy (non-hydrogen) atoms.